The van der Waals surface area contributed by atoms with Gasteiger partial charge < -0.3 is 15.1 Å². The van der Waals surface area contributed by atoms with Crippen LogP contribution in [0.1, 0.15) is 18.5 Å². The predicted molar refractivity (Wildman–Crippen MR) is 96.3 cm³/mol. The molecule has 1 atom stereocenters. The Bertz CT molecular complexity index is 797. The topological polar surface area (TPSA) is 48.5 Å². The van der Waals surface area contributed by atoms with E-state index in [1.165, 1.54) is 12.3 Å². The number of piperazine rings is 1. The van der Waals surface area contributed by atoms with Crippen LogP contribution in [0, 0.1) is 11.6 Å². The summed E-state index contributed by atoms with van der Waals surface area (Å²) in [6, 6.07) is 5.45. The van der Waals surface area contributed by atoms with Gasteiger partial charge in [-0.3, -0.25) is 4.98 Å². The molecule has 1 aliphatic rings. The van der Waals surface area contributed by atoms with Crippen molar-refractivity contribution in [1.29, 1.82) is 0 Å². The van der Waals surface area contributed by atoms with Crippen LogP contribution in [-0.2, 0) is 0 Å². The second-order valence-corrected chi connectivity index (χ2v) is 6.49. The highest BCUT2D eigenvalue weighted by Crippen LogP contribution is 2.25. The van der Waals surface area contributed by atoms with E-state index in [4.69, 9.17) is 11.6 Å². The van der Waals surface area contributed by atoms with E-state index in [1.807, 2.05) is 4.90 Å². The molecule has 1 N–H and O–H groups in total. The number of carbonyl (C=O) groups excluding carboxylic acids is 1. The Kier molecular flexibility index (Phi) is 5.56. The maximum absolute atomic E-state index is 13.8. The number of nitrogens with one attached hydrogen (secondary N) is 1. The normalized spacial score (nSPS) is 15.7. The lowest BCUT2D eigenvalue weighted by atomic mass is 10.1. The molecule has 1 fully saturated rings. The molecule has 1 aromatic heterocycles. The summed E-state index contributed by atoms with van der Waals surface area (Å²) >= 11 is 5.97. The number of amides is 2. The van der Waals surface area contributed by atoms with Gasteiger partial charge in [-0.25, -0.2) is 13.6 Å². The fourth-order valence-electron chi connectivity index (χ4n) is 2.98. The Morgan fingerprint density at radius 3 is 2.62 bits per heavy atom. The zero-order chi connectivity index (χ0) is 18.7. The van der Waals surface area contributed by atoms with E-state index in [9.17, 15) is 13.6 Å². The molecule has 5 nitrogen and oxygen atoms in total. The van der Waals surface area contributed by atoms with E-state index in [0.717, 1.165) is 0 Å². The lowest BCUT2D eigenvalue weighted by Gasteiger charge is -2.36. The minimum atomic E-state index is -0.516. The van der Waals surface area contributed by atoms with E-state index < -0.39 is 11.9 Å². The van der Waals surface area contributed by atoms with E-state index in [-0.39, 0.29) is 16.9 Å². The highest BCUT2D eigenvalue weighted by Gasteiger charge is 2.24. The number of rotatable bonds is 3. The van der Waals surface area contributed by atoms with E-state index >= 15 is 0 Å². The van der Waals surface area contributed by atoms with Gasteiger partial charge in [0.15, 0.2) is 5.82 Å². The van der Waals surface area contributed by atoms with Crippen LogP contribution in [0.3, 0.4) is 0 Å². The van der Waals surface area contributed by atoms with Crippen molar-refractivity contribution in [2.45, 2.75) is 13.0 Å². The Morgan fingerprint density at radius 1 is 1.19 bits per heavy atom. The fourth-order valence-corrected chi connectivity index (χ4v) is 3.27. The first kappa shape index (κ1) is 18.4. The maximum atomic E-state index is 13.8. The van der Waals surface area contributed by atoms with Crippen molar-refractivity contribution in [2.24, 2.45) is 0 Å². The number of halogens is 3. The lowest BCUT2D eigenvalue weighted by molar-refractivity contribution is 0.191. The van der Waals surface area contributed by atoms with Gasteiger partial charge in [0.2, 0.25) is 0 Å². The molecule has 1 aromatic carbocycles. The molecule has 0 saturated carbocycles. The summed E-state index contributed by atoms with van der Waals surface area (Å²) in [5.41, 5.74) is 1.01. The zero-order valence-electron chi connectivity index (χ0n) is 14.3. The number of benzene rings is 1. The van der Waals surface area contributed by atoms with Crippen LogP contribution in [0.4, 0.5) is 19.3 Å². The first-order valence-corrected chi connectivity index (χ1v) is 8.69. The summed E-state index contributed by atoms with van der Waals surface area (Å²) in [4.78, 5) is 19.7. The van der Waals surface area contributed by atoms with Crippen molar-refractivity contribution in [3.63, 3.8) is 0 Å². The quantitative estimate of drug-likeness (QED) is 0.885. The molecule has 1 unspecified atom stereocenters. The van der Waals surface area contributed by atoms with Crippen LogP contribution in [-0.4, -0.2) is 42.1 Å². The number of aromatic nitrogens is 1. The van der Waals surface area contributed by atoms with E-state index in [1.54, 1.807) is 36.2 Å². The van der Waals surface area contributed by atoms with Crippen molar-refractivity contribution < 1.29 is 13.6 Å². The summed E-state index contributed by atoms with van der Waals surface area (Å²) < 4.78 is 27.4. The van der Waals surface area contributed by atoms with Gasteiger partial charge in [0, 0.05) is 32.4 Å². The number of hydrogen-bond donors (Lipinski definition) is 1. The van der Waals surface area contributed by atoms with Crippen LogP contribution in [0.25, 0.3) is 0 Å². The molecular formula is C18H19ClF2N4O. The van der Waals surface area contributed by atoms with Gasteiger partial charge in [0.05, 0.1) is 22.9 Å². The van der Waals surface area contributed by atoms with Crippen LogP contribution in [0.15, 0.2) is 36.7 Å². The van der Waals surface area contributed by atoms with Gasteiger partial charge in [-0.05, 0) is 24.6 Å². The number of hydrogen-bond acceptors (Lipinski definition) is 3. The van der Waals surface area contributed by atoms with Crippen molar-refractivity contribution in [3.8, 4) is 0 Å². The van der Waals surface area contributed by atoms with Gasteiger partial charge in [-0.1, -0.05) is 23.7 Å². The van der Waals surface area contributed by atoms with Crippen LogP contribution in [0.5, 0.6) is 0 Å². The summed E-state index contributed by atoms with van der Waals surface area (Å²) in [6.45, 7) is 3.70. The molecule has 3 rings (SSSR count). The highest BCUT2D eigenvalue weighted by atomic mass is 35.5. The maximum Gasteiger partial charge on any atom is 0.317 e. The third-order valence-corrected chi connectivity index (χ3v) is 4.85. The molecule has 2 aromatic rings. The number of carbonyl (C=O) groups is 1. The molecule has 1 saturated heterocycles. The second kappa shape index (κ2) is 7.86. The van der Waals surface area contributed by atoms with Crippen LogP contribution < -0.4 is 10.2 Å². The standard InChI is InChI=1S/C18H19ClF2N4O/c1-12(13-3-2-4-14(20)17(13)19)23-18(26)25-9-7-24(8-10-25)16-5-6-22-11-15(16)21/h2-6,11-12H,7-10H2,1H3,(H,23,26). The van der Waals surface area contributed by atoms with Crippen LogP contribution in [0.2, 0.25) is 5.02 Å². The van der Waals surface area contributed by atoms with E-state index in [2.05, 4.69) is 10.3 Å². The summed E-state index contributed by atoms with van der Waals surface area (Å²) in [5.74, 6) is -0.891. The first-order valence-electron chi connectivity index (χ1n) is 8.31. The average Bonchev–Trinajstić information content (AvgIpc) is 2.64. The van der Waals surface area contributed by atoms with Gasteiger partial charge in [-0.2, -0.15) is 0 Å². The SMILES string of the molecule is CC(NC(=O)N1CCN(c2ccncc2F)CC1)c1cccc(F)c1Cl. The molecule has 8 heteroatoms. The molecule has 0 bridgehead atoms. The third-order valence-electron chi connectivity index (χ3n) is 4.45. The Balaban J connectivity index is 1.58. The number of urea groups is 1. The average molecular weight is 381 g/mol. The van der Waals surface area contributed by atoms with Gasteiger partial charge in [-0.15, -0.1) is 0 Å². The van der Waals surface area contributed by atoms with Crippen molar-refractivity contribution in [1.82, 2.24) is 15.2 Å². The minimum absolute atomic E-state index is 0.0123. The third kappa shape index (κ3) is 3.88. The molecule has 0 spiro atoms. The fraction of sp³-hybridized carbons (Fsp3) is 0.333. The molecule has 2 heterocycles. The molecule has 0 aliphatic carbocycles. The monoisotopic (exact) mass is 380 g/mol. The number of anilines is 1. The smallest absolute Gasteiger partial charge is 0.317 e. The first-order chi connectivity index (χ1) is 12.5. The Labute approximate surface area is 155 Å². The minimum Gasteiger partial charge on any atom is -0.366 e. The van der Waals surface area contributed by atoms with Gasteiger partial charge in [0.1, 0.15) is 5.82 Å². The molecule has 138 valence electrons. The largest absolute Gasteiger partial charge is 0.366 e. The Hall–Kier alpha value is -2.41. The molecule has 1 aliphatic heterocycles. The number of pyridine rings is 1. The lowest BCUT2D eigenvalue weighted by Crippen LogP contribution is -2.52. The Morgan fingerprint density at radius 2 is 1.92 bits per heavy atom. The molecule has 0 radical (unpaired) electrons. The molecule has 26 heavy (non-hydrogen) atoms. The second-order valence-electron chi connectivity index (χ2n) is 6.12. The summed E-state index contributed by atoms with van der Waals surface area (Å²) in [6.07, 6.45) is 2.72. The van der Waals surface area contributed by atoms with Crippen molar-refractivity contribution >= 4 is 23.3 Å². The van der Waals surface area contributed by atoms with Gasteiger partial charge >= 0.3 is 6.03 Å². The summed E-state index contributed by atoms with van der Waals surface area (Å²) in [7, 11) is 0. The van der Waals surface area contributed by atoms with Crippen molar-refractivity contribution in [3.05, 3.63) is 58.9 Å². The van der Waals surface area contributed by atoms with Crippen molar-refractivity contribution in [2.75, 3.05) is 31.1 Å². The van der Waals surface area contributed by atoms with Gasteiger partial charge in [0.25, 0.3) is 0 Å². The zero-order valence-corrected chi connectivity index (χ0v) is 15.0. The van der Waals surface area contributed by atoms with Crippen LogP contribution >= 0.6 is 11.6 Å². The molecular weight excluding hydrogens is 362 g/mol. The highest BCUT2D eigenvalue weighted by molar-refractivity contribution is 6.31. The van der Waals surface area contributed by atoms with E-state index in [0.29, 0.717) is 37.4 Å². The number of nitrogens with zero attached hydrogens (tertiary/aromatic N) is 3. The predicted octanol–water partition coefficient (Wildman–Crippen LogP) is 3.61. The molecule has 2 amide bonds. The summed E-state index contributed by atoms with van der Waals surface area (Å²) in [5, 5.41) is 2.85.